The van der Waals surface area contributed by atoms with Gasteiger partial charge in [0, 0.05) is 41.7 Å². The molecule has 4 atom stereocenters. The lowest BCUT2D eigenvalue weighted by Gasteiger charge is -2.37. The third kappa shape index (κ3) is 4.53. The van der Waals surface area contributed by atoms with E-state index in [0.717, 1.165) is 59.6 Å². The summed E-state index contributed by atoms with van der Waals surface area (Å²) in [7, 11) is 1.63. The van der Waals surface area contributed by atoms with E-state index in [1.807, 2.05) is 48.3 Å². The molecule has 4 aromatic heterocycles. The highest BCUT2D eigenvalue weighted by molar-refractivity contribution is 5.97. The summed E-state index contributed by atoms with van der Waals surface area (Å²) in [6.07, 6.45) is 5.22. The van der Waals surface area contributed by atoms with Gasteiger partial charge in [0.05, 0.1) is 48.9 Å². The third-order valence-corrected chi connectivity index (χ3v) is 10.5. The summed E-state index contributed by atoms with van der Waals surface area (Å²) in [5.74, 6) is 1.16. The van der Waals surface area contributed by atoms with Crippen LogP contribution in [0.5, 0.6) is 5.88 Å². The molecule has 0 radical (unpaired) electrons. The minimum atomic E-state index is -0.481. The molecule has 3 N–H and O–H groups in total. The molecule has 7 heterocycles. The highest BCUT2D eigenvalue weighted by atomic mass is 16.5. The average molecular weight is 612 g/mol. The molecule has 1 aliphatic carbocycles. The van der Waals surface area contributed by atoms with Crippen LogP contribution in [0, 0.1) is 18.3 Å². The van der Waals surface area contributed by atoms with Gasteiger partial charge in [-0.25, -0.2) is 9.97 Å². The van der Waals surface area contributed by atoms with Crippen molar-refractivity contribution in [3.05, 3.63) is 47.3 Å². The van der Waals surface area contributed by atoms with Crippen molar-refractivity contribution < 1.29 is 19.1 Å². The first-order valence-electron chi connectivity index (χ1n) is 16.2. The third-order valence-electron chi connectivity index (χ3n) is 10.5. The summed E-state index contributed by atoms with van der Waals surface area (Å²) < 4.78 is 15.4. The Morgan fingerprint density at radius 3 is 2.60 bits per heavy atom. The Hall–Kier alpha value is -3.96. The summed E-state index contributed by atoms with van der Waals surface area (Å²) in [5.41, 5.74) is 11.6. The van der Waals surface area contributed by atoms with Crippen molar-refractivity contribution in [3.8, 4) is 17.3 Å². The van der Waals surface area contributed by atoms with Crippen LogP contribution in [-0.2, 0) is 16.1 Å². The van der Waals surface area contributed by atoms with Crippen molar-refractivity contribution in [1.82, 2.24) is 29.2 Å². The van der Waals surface area contributed by atoms with E-state index in [0.29, 0.717) is 36.2 Å². The number of aromatic nitrogens is 4. The second-order valence-electron chi connectivity index (χ2n) is 13.9. The summed E-state index contributed by atoms with van der Waals surface area (Å²) in [5, 5.41) is 4.16. The Kier molecular flexibility index (Phi) is 6.51. The molecule has 4 aliphatic rings. The standard InChI is InChI=1S/C34H41N7O4/c1-18(36-33(43)34(3)16-45-17-34)25-9-7-21-11-27(39(31(21)37-25)15-20-5-6-20)30-19(2)40-28(38-30)12-22(13-29(40)44-4)32(42)41-23-8-10-26(41)24(35)14-23/h7,9,11-13,18,20,23-24,26H,5-6,8,10,14-17,35H2,1-4H3,(H,36,43)/t18-,23+,24-,26-/m1/s1. The first kappa shape index (κ1) is 28.5. The number of nitrogens with two attached hydrogens (primary N) is 1. The molecule has 3 saturated heterocycles. The molecule has 4 fully saturated rings. The van der Waals surface area contributed by atoms with Crippen LogP contribution in [0.4, 0.5) is 0 Å². The molecule has 4 aromatic rings. The van der Waals surface area contributed by atoms with Gasteiger partial charge in [0.25, 0.3) is 5.91 Å². The normalized spacial score (nSPS) is 24.3. The van der Waals surface area contributed by atoms with Crippen LogP contribution in [0.3, 0.4) is 0 Å². The Balaban J connectivity index is 1.18. The Morgan fingerprint density at radius 1 is 1.16 bits per heavy atom. The molecule has 0 aromatic carbocycles. The highest BCUT2D eigenvalue weighted by Crippen LogP contribution is 2.40. The highest BCUT2D eigenvalue weighted by Gasteiger charge is 2.47. The zero-order valence-corrected chi connectivity index (χ0v) is 26.4. The molecule has 236 valence electrons. The maximum Gasteiger partial charge on any atom is 0.254 e. The molecule has 8 rings (SSSR count). The summed E-state index contributed by atoms with van der Waals surface area (Å²) in [4.78, 5) is 38.9. The second-order valence-corrected chi connectivity index (χ2v) is 13.9. The number of methoxy groups -OCH3 is 1. The lowest BCUT2D eigenvalue weighted by atomic mass is 9.87. The molecule has 2 bridgehead atoms. The molecular weight excluding hydrogens is 570 g/mol. The van der Waals surface area contributed by atoms with Crippen LogP contribution in [-0.4, -0.2) is 74.1 Å². The second kappa shape index (κ2) is 10.3. The van der Waals surface area contributed by atoms with Gasteiger partial charge in [-0.15, -0.1) is 0 Å². The largest absolute Gasteiger partial charge is 0.482 e. The lowest BCUT2D eigenvalue weighted by molar-refractivity contribution is -0.158. The van der Waals surface area contributed by atoms with Gasteiger partial charge in [-0.1, -0.05) is 0 Å². The van der Waals surface area contributed by atoms with Crippen LogP contribution in [0.15, 0.2) is 30.3 Å². The SMILES string of the molecule is COc1cc(C(=O)N2[C@H]3CC[C@@H]2[C@H](N)C3)cc2nc(-c3cc4ccc([C@@H](C)NC(=O)C5(C)COC5)nc4n3CC3CC3)c(C)n12. The molecule has 0 unspecified atom stereocenters. The summed E-state index contributed by atoms with van der Waals surface area (Å²) in [6, 6.07) is 10.0. The fourth-order valence-corrected chi connectivity index (χ4v) is 7.60. The smallest absolute Gasteiger partial charge is 0.254 e. The lowest BCUT2D eigenvalue weighted by Crippen LogP contribution is -2.52. The van der Waals surface area contributed by atoms with Gasteiger partial charge < -0.3 is 30.0 Å². The van der Waals surface area contributed by atoms with Crippen molar-refractivity contribution in [3.63, 3.8) is 0 Å². The van der Waals surface area contributed by atoms with Crippen molar-refractivity contribution in [2.75, 3.05) is 20.3 Å². The number of hydrogen-bond acceptors (Lipinski definition) is 7. The summed E-state index contributed by atoms with van der Waals surface area (Å²) in [6.45, 7) is 7.68. The van der Waals surface area contributed by atoms with Crippen molar-refractivity contribution in [2.24, 2.45) is 17.1 Å². The molecule has 0 spiro atoms. The predicted octanol–water partition coefficient (Wildman–Crippen LogP) is 4.00. The molecule has 2 amide bonds. The number of carbonyl (C=O) groups is 2. The minimum absolute atomic E-state index is 0.00179. The number of nitrogens with zero attached hydrogens (tertiary/aromatic N) is 5. The first-order chi connectivity index (χ1) is 21.6. The van der Waals surface area contributed by atoms with E-state index in [9.17, 15) is 9.59 Å². The maximum absolute atomic E-state index is 13.8. The predicted molar refractivity (Wildman–Crippen MR) is 169 cm³/mol. The van der Waals surface area contributed by atoms with Crippen molar-refractivity contribution in [2.45, 2.75) is 83.6 Å². The van der Waals surface area contributed by atoms with E-state index in [2.05, 4.69) is 22.0 Å². The molecule has 11 heteroatoms. The molecular formula is C34H41N7O4. The van der Waals surface area contributed by atoms with E-state index in [-0.39, 0.29) is 36.0 Å². The average Bonchev–Trinajstić information content (AvgIpc) is 3.33. The van der Waals surface area contributed by atoms with E-state index in [4.69, 9.17) is 25.2 Å². The first-order valence-corrected chi connectivity index (χ1v) is 16.2. The van der Waals surface area contributed by atoms with E-state index >= 15 is 0 Å². The van der Waals surface area contributed by atoms with Crippen molar-refractivity contribution >= 4 is 28.5 Å². The number of aryl methyl sites for hydroxylation is 1. The van der Waals surface area contributed by atoms with Gasteiger partial charge in [0.1, 0.15) is 17.0 Å². The Bertz CT molecular complexity index is 1850. The zero-order valence-electron chi connectivity index (χ0n) is 26.4. The number of carbonyl (C=O) groups excluding carboxylic acids is 2. The molecule has 45 heavy (non-hydrogen) atoms. The fraction of sp³-hybridized carbons (Fsp3) is 0.529. The van der Waals surface area contributed by atoms with Crippen LogP contribution < -0.4 is 15.8 Å². The van der Waals surface area contributed by atoms with Gasteiger partial charge in [-0.3, -0.25) is 14.0 Å². The number of hydrogen-bond donors (Lipinski definition) is 2. The van der Waals surface area contributed by atoms with Crippen molar-refractivity contribution in [1.29, 1.82) is 0 Å². The van der Waals surface area contributed by atoms with Crippen LogP contribution in [0.25, 0.3) is 28.1 Å². The van der Waals surface area contributed by atoms with Crippen LogP contribution >= 0.6 is 0 Å². The van der Waals surface area contributed by atoms with Gasteiger partial charge in [0.15, 0.2) is 5.88 Å². The van der Waals surface area contributed by atoms with Gasteiger partial charge >= 0.3 is 0 Å². The quantitative estimate of drug-likeness (QED) is 0.308. The van der Waals surface area contributed by atoms with Crippen LogP contribution in [0.1, 0.15) is 73.7 Å². The van der Waals surface area contributed by atoms with Crippen LogP contribution in [0.2, 0.25) is 0 Å². The zero-order chi connectivity index (χ0) is 31.2. The van der Waals surface area contributed by atoms with Gasteiger partial charge in [-0.2, -0.15) is 0 Å². The number of nitrogens with one attached hydrogen (secondary N) is 1. The minimum Gasteiger partial charge on any atom is -0.482 e. The Morgan fingerprint density at radius 2 is 1.96 bits per heavy atom. The number of pyridine rings is 2. The number of imidazole rings is 1. The number of amides is 2. The summed E-state index contributed by atoms with van der Waals surface area (Å²) >= 11 is 0. The van der Waals surface area contributed by atoms with Gasteiger partial charge in [0.2, 0.25) is 5.91 Å². The van der Waals surface area contributed by atoms with Gasteiger partial charge in [-0.05, 0) is 83.1 Å². The van der Waals surface area contributed by atoms with E-state index < -0.39 is 5.41 Å². The van der Waals surface area contributed by atoms with E-state index in [1.165, 1.54) is 12.8 Å². The Labute approximate surface area is 262 Å². The number of rotatable bonds is 8. The number of ether oxygens (including phenoxy) is 2. The topological polar surface area (TPSA) is 129 Å². The van der Waals surface area contributed by atoms with E-state index in [1.54, 1.807) is 7.11 Å². The molecule has 11 nitrogen and oxygen atoms in total. The molecule has 3 aliphatic heterocycles. The monoisotopic (exact) mass is 611 g/mol. The molecule has 1 saturated carbocycles. The maximum atomic E-state index is 13.8. The fourth-order valence-electron chi connectivity index (χ4n) is 7.60. The number of fused-ring (bicyclic) bond motifs is 4.